The van der Waals surface area contributed by atoms with Crippen LogP contribution in [0.15, 0.2) is 66.7 Å². The van der Waals surface area contributed by atoms with Crippen molar-refractivity contribution in [2.75, 3.05) is 48.8 Å². The number of rotatable bonds is 11. The van der Waals surface area contributed by atoms with E-state index < -0.39 is 11.3 Å². The SMILES string of the molecule is COc1cc(Nc2nc3ccccc3nc2N(c2cccc(NC(=O)CCN3CCCCC3)c2)S(=O)[O-])cc(OC)c1. The Morgan fingerprint density at radius 3 is 2.29 bits per heavy atom. The summed E-state index contributed by atoms with van der Waals surface area (Å²) in [7, 11) is 3.09. The smallest absolute Gasteiger partial charge is 0.225 e. The summed E-state index contributed by atoms with van der Waals surface area (Å²) in [6.45, 7) is 2.72. The van der Waals surface area contributed by atoms with Gasteiger partial charge in [0, 0.05) is 42.5 Å². The van der Waals surface area contributed by atoms with Crippen molar-refractivity contribution in [3.05, 3.63) is 66.7 Å². The number of nitrogens with zero attached hydrogens (tertiary/aromatic N) is 4. The van der Waals surface area contributed by atoms with Crippen molar-refractivity contribution >= 4 is 56.9 Å². The van der Waals surface area contributed by atoms with Crippen molar-refractivity contribution in [1.29, 1.82) is 0 Å². The van der Waals surface area contributed by atoms with Crippen LogP contribution in [0.5, 0.6) is 11.5 Å². The molecule has 11 nitrogen and oxygen atoms in total. The first-order valence-electron chi connectivity index (χ1n) is 13.7. The number of hydrogen-bond donors (Lipinski definition) is 2. The molecule has 3 aromatic carbocycles. The van der Waals surface area contributed by atoms with Gasteiger partial charge in [-0.25, -0.2) is 9.97 Å². The van der Waals surface area contributed by atoms with Crippen LogP contribution in [0.1, 0.15) is 25.7 Å². The fourth-order valence-corrected chi connectivity index (χ4v) is 5.44. The van der Waals surface area contributed by atoms with Crippen molar-refractivity contribution in [2.24, 2.45) is 0 Å². The maximum Gasteiger partial charge on any atom is 0.225 e. The van der Waals surface area contributed by atoms with Gasteiger partial charge in [-0.1, -0.05) is 24.6 Å². The van der Waals surface area contributed by atoms with Gasteiger partial charge in [-0.2, -0.15) is 0 Å². The fourth-order valence-electron chi connectivity index (χ4n) is 4.89. The highest BCUT2D eigenvalue weighted by molar-refractivity contribution is 7.81. The number of benzene rings is 3. The highest BCUT2D eigenvalue weighted by Crippen LogP contribution is 2.36. The van der Waals surface area contributed by atoms with E-state index in [4.69, 9.17) is 14.5 Å². The summed E-state index contributed by atoms with van der Waals surface area (Å²) in [5.74, 6) is 1.20. The number of aromatic nitrogens is 2. The molecule has 1 atom stereocenters. The van der Waals surface area contributed by atoms with Gasteiger partial charge in [0.2, 0.25) is 5.91 Å². The third-order valence-corrected chi connectivity index (χ3v) is 7.66. The molecule has 1 fully saturated rings. The minimum Gasteiger partial charge on any atom is -0.755 e. The van der Waals surface area contributed by atoms with Crippen LogP contribution in [0.4, 0.5) is 28.7 Å². The number of amides is 1. The zero-order valence-electron chi connectivity index (χ0n) is 23.5. The lowest BCUT2D eigenvalue weighted by atomic mass is 10.1. The molecule has 1 amide bonds. The Morgan fingerprint density at radius 1 is 0.929 bits per heavy atom. The quantitative estimate of drug-likeness (QED) is 0.228. The molecule has 1 aliphatic heterocycles. The predicted molar refractivity (Wildman–Crippen MR) is 163 cm³/mol. The van der Waals surface area contributed by atoms with Crippen LogP contribution < -0.4 is 24.4 Å². The van der Waals surface area contributed by atoms with E-state index in [9.17, 15) is 13.6 Å². The number of hydrogen-bond acceptors (Lipinski definition) is 9. The summed E-state index contributed by atoms with van der Waals surface area (Å²) in [6.07, 6.45) is 3.91. The first-order chi connectivity index (χ1) is 20.4. The monoisotopic (exact) mass is 589 g/mol. The molecular formula is C30H33N6O5S-. The Hall–Kier alpha value is -4.26. The van der Waals surface area contributed by atoms with Crippen LogP contribution in [0.3, 0.4) is 0 Å². The van der Waals surface area contributed by atoms with Gasteiger partial charge in [-0.15, -0.1) is 0 Å². The van der Waals surface area contributed by atoms with Gasteiger partial charge in [-0.05, 0) is 56.3 Å². The van der Waals surface area contributed by atoms with Crippen molar-refractivity contribution in [2.45, 2.75) is 25.7 Å². The molecule has 0 bridgehead atoms. The Morgan fingerprint density at radius 2 is 1.62 bits per heavy atom. The average Bonchev–Trinajstić information content (AvgIpc) is 3.00. The number of fused-ring (bicyclic) bond motifs is 1. The maximum atomic E-state index is 12.8. The molecule has 5 rings (SSSR count). The molecule has 42 heavy (non-hydrogen) atoms. The molecule has 2 heterocycles. The van der Waals surface area contributed by atoms with Crippen LogP contribution in [-0.4, -0.2) is 63.4 Å². The maximum absolute atomic E-state index is 12.8. The van der Waals surface area contributed by atoms with Gasteiger partial charge >= 0.3 is 0 Å². The number of anilines is 5. The number of carbonyl (C=O) groups is 1. The second-order valence-corrected chi connectivity index (χ2v) is 10.7. The lowest BCUT2D eigenvalue weighted by Gasteiger charge is -2.28. The van der Waals surface area contributed by atoms with Crippen molar-refractivity contribution < 1.29 is 23.0 Å². The average molecular weight is 590 g/mol. The lowest BCUT2D eigenvalue weighted by Crippen LogP contribution is -2.32. The standard InChI is InChI=1S/C30H34N6O5S/c1-40-24-18-22(19-25(20-24)41-2)32-29-30(34-27-12-5-4-11-26(27)33-29)36(42(38)39)23-10-8-9-21(17-23)31-28(37)13-16-35-14-6-3-7-15-35/h4-5,8-12,17-20H,3,6-7,13-16H2,1-2H3,(H,31,37)(H,32,33)(H,38,39)/p-1. The number of para-hydroxylation sites is 2. The molecule has 12 heteroatoms. The normalized spacial score (nSPS) is 14.3. The van der Waals surface area contributed by atoms with Crippen LogP contribution >= 0.6 is 0 Å². The Bertz CT molecular complexity index is 1560. The zero-order chi connectivity index (χ0) is 29.5. The number of piperidine rings is 1. The first kappa shape index (κ1) is 29.2. The van der Waals surface area contributed by atoms with Crippen LogP contribution in [0.2, 0.25) is 0 Å². The molecule has 220 valence electrons. The van der Waals surface area contributed by atoms with Gasteiger partial charge in [0.1, 0.15) is 11.5 Å². The molecule has 0 radical (unpaired) electrons. The van der Waals surface area contributed by atoms with Gasteiger partial charge < -0.3 is 29.6 Å². The van der Waals surface area contributed by atoms with Crippen molar-refractivity contribution in [3.8, 4) is 11.5 Å². The molecule has 2 N–H and O–H groups in total. The minimum atomic E-state index is -2.78. The van der Waals surface area contributed by atoms with Crippen molar-refractivity contribution in [3.63, 3.8) is 0 Å². The van der Waals surface area contributed by atoms with Crippen molar-refractivity contribution in [1.82, 2.24) is 14.9 Å². The second kappa shape index (κ2) is 13.6. The van der Waals surface area contributed by atoms with E-state index in [-0.39, 0.29) is 23.2 Å². The highest BCUT2D eigenvalue weighted by atomic mass is 32.2. The largest absolute Gasteiger partial charge is 0.755 e. The number of likely N-dealkylation sites (tertiary alicyclic amines) is 1. The van der Waals surface area contributed by atoms with Gasteiger partial charge in [0.15, 0.2) is 11.6 Å². The lowest BCUT2D eigenvalue weighted by molar-refractivity contribution is -0.116. The molecule has 4 aromatic rings. The van der Waals surface area contributed by atoms with Crippen LogP contribution in [0, 0.1) is 0 Å². The number of methoxy groups -OCH3 is 2. The summed E-state index contributed by atoms with van der Waals surface area (Å²) in [4.78, 5) is 24.4. The molecule has 0 aliphatic carbocycles. The Balaban J connectivity index is 1.46. The summed E-state index contributed by atoms with van der Waals surface area (Å²) >= 11 is -2.78. The van der Waals surface area contributed by atoms with Gasteiger partial charge in [0.25, 0.3) is 0 Å². The third kappa shape index (κ3) is 7.14. The second-order valence-electron chi connectivity index (χ2n) is 9.87. The Kier molecular flexibility index (Phi) is 9.47. The third-order valence-electron chi connectivity index (χ3n) is 6.98. The van der Waals surface area contributed by atoms with Crippen LogP contribution in [0.25, 0.3) is 11.0 Å². The predicted octanol–water partition coefficient (Wildman–Crippen LogP) is 5.14. The Labute approximate surface area is 247 Å². The zero-order valence-corrected chi connectivity index (χ0v) is 24.4. The van der Waals surface area contributed by atoms with Crippen LogP contribution in [-0.2, 0) is 16.1 Å². The van der Waals surface area contributed by atoms with E-state index >= 15 is 0 Å². The molecule has 1 saturated heterocycles. The van der Waals surface area contributed by atoms with Gasteiger partial charge in [-0.3, -0.25) is 13.3 Å². The summed E-state index contributed by atoms with van der Waals surface area (Å²) in [6, 6.07) is 19.0. The molecule has 1 aliphatic rings. The summed E-state index contributed by atoms with van der Waals surface area (Å²) in [5.41, 5.74) is 2.41. The summed E-state index contributed by atoms with van der Waals surface area (Å²) < 4.78 is 37.3. The van der Waals surface area contributed by atoms with E-state index in [1.807, 2.05) is 6.07 Å². The van der Waals surface area contributed by atoms with E-state index in [2.05, 4.69) is 20.5 Å². The topological polar surface area (TPSA) is 132 Å². The molecule has 1 unspecified atom stereocenters. The molecule has 0 saturated carbocycles. The fraction of sp³-hybridized carbons (Fsp3) is 0.300. The first-order valence-corrected chi connectivity index (χ1v) is 14.8. The van der Waals surface area contributed by atoms with Gasteiger partial charge in [0.05, 0.1) is 42.2 Å². The molecule has 0 spiro atoms. The van der Waals surface area contributed by atoms with E-state index in [0.29, 0.717) is 46.9 Å². The molecule has 1 aromatic heterocycles. The minimum absolute atomic E-state index is 0.0531. The number of carbonyl (C=O) groups excluding carboxylic acids is 1. The van der Waals surface area contributed by atoms with E-state index in [1.165, 1.54) is 6.42 Å². The summed E-state index contributed by atoms with van der Waals surface area (Å²) in [5, 5.41) is 6.09. The van der Waals surface area contributed by atoms with E-state index in [0.717, 1.165) is 30.2 Å². The highest BCUT2D eigenvalue weighted by Gasteiger charge is 2.21. The molecular weight excluding hydrogens is 556 g/mol. The van der Waals surface area contributed by atoms with E-state index in [1.54, 1.807) is 74.9 Å². The number of nitrogens with one attached hydrogen (secondary N) is 2. The number of ether oxygens (including phenoxy) is 2.